The number of rotatable bonds is 5. The van der Waals surface area contributed by atoms with E-state index in [4.69, 9.17) is 9.47 Å². The second kappa shape index (κ2) is 6.73. The molecular weight excluding hydrogens is 363 g/mol. The largest absolute Gasteiger partial charge is 0.494 e. The molecule has 1 aliphatic heterocycles. The van der Waals surface area contributed by atoms with Gasteiger partial charge in [-0.1, -0.05) is 0 Å². The summed E-state index contributed by atoms with van der Waals surface area (Å²) in [5, 5.41) is 0. The van der Waals surface area contributed by atoms with Crippen LogP contribution in [0.3, 0.4) is 0 Å². The van der Waals surface area contributed by atoms with E-state index in [-0.39, 0.29) is 35.4 Å². The van der Waals surface area contributed by atoms with Gasteiger partial charge in [0.1, 0.15) is 11.9 Å². The van der Waals surface area contributed by atoms with Crippen molar-refractivity contribution in [3.8, 4) is 11.5 Å². The number of aromatic nitrogens is 1. The van der Waals surface area contributed by atoms with Crippen LogP contribution in [0.25, 0.3) is 0 Å². The summed E-state index contributed by atoms with van der Waals surface area (Å²) in [5.41, 5.74) is 0.544. The standard InChI is InChI=1S/C17H19FN2O5S/c1-11-6-12(7-17(21)19(11)2)25-13-9-20(10-13)26(22,23)14-4-5-16(24-3)15(18)8-14/h4-8,13H,9-10H2,1-3H3. The number of hydrogen-bond donors (Lipinski definition) is 0. The van der Waals surface area contributed by atoms with Gasteiger partial charge < -0.3 is 14.0 Å². The summed E-state index contributed by atoms with van der Waals surface area (Å²) in [6.45, 7) is 2.04. The average Bonchev–Trinajstić information content (AvgIpc) is 2.55. The molecule has 0 atom stereocenters. The van der Waals surface area contributed by atoms with Crippen LogP contribution in [-0.4, -0.2) is 43.6 Å². The van der Waals surface area contributed by atoms with Crippen LogP contribution < -0.4 is 15.0 Å². The number of nitrogens with zero attached hydrogens (tertiary/aromatic N) is 2. The molecule has 2 aromatic rings. The van der Waals surface area contributed by atoms with Crippen molar-refractivity contribution in [3.63, 3.8) is 0 Å². The molecule has 140 valence electrons. The topological polar surface area (TPSA) is 77.8 Å². The number of benzene rings is 1. The Balaban J connectivity index is 1.69. The molecule has 0 unspecified atom stereocenters. The van der Waals surface area contributed by atoms with E-state index in [0.717, 1.165) is 11.8 Å². The Labute approximate surface area is 150 Å². The highest BCUT2D eigenvalue weighted by Gasteiger charge is 2.38. The molecule has 2 heterocycles. The number of halogens is 1. The average molecular weight is 382 g/mol. The van der Waals surface area contributed by atoms with Crippen LogP contribution in [0.2, 0.25) is 0 Å². The van der Waals surface area contributed by atoms with Crippen LogP contribution in [0.15, 0.2) is 40.0 Å². The molecule has 1 saturated heterocycles. The fourth-order valence-electron chi connectivity index (χ4n) is 2.63. The zero-order valence-electron chi connectivity index (χ0n) is 14.6. The lowest BCUT2D eigenvalue weighted by Gasteiger charge is -2.37. The first-order valence-corrected chi connectivity index (χ1v) is 9.34. The van der Waals surface area contributed by atoms with E-state index < -0.39 is 15.8 Å². The van der Waals surface area contributed by atoms with E-state index in [9.17, 15) is 17.6 Å². The fraction of sp³-hybridized carbons (Fsp3) is 0.353. The predicted octanol–water partition coefficient (Wildman–Crippen LogP) is 1.29. The Kier molecular flexibility index (Phi) is 4.76. The quantitative estimate of drug-likeness (QED) is 0.779. The Bertz CT molecular complexity index is 997. The van der Waals surface area contributed by atoms with Crippen LogP contribution in [-0.2, 0) is 17.1 Å². The summed E-state index contributed by atoms with van der Waals surface area (Å²) in [6.07, 6.45) is -0.362. The third kappa shape index (κ3) is 3.32. The molecule has 7 nitrogen and oxygen atoms in total. The zero-order chi connectivity index (χ0) is 19.1. The monoisotopic (exact) mass is 382 g/mol. The van der Waals surface area contributed by atoms with E-state index in [1.165, 1.54) is 34.2 Å². The third-order valence-electron chi connectivity index (χ3n) is 4.35. The van der Waals surface area contributed by atoms with E-state index >= 15 is 0 Å². The van der Waals surface area contributed by atoms with Crippen LogP contribution in [0.5, 0.6) is 11.5 Å². The second-order valence-electron chi connectivity index (χ2n) is 6.09. The molecule has 0 N–H and O–H groups in total. The molecular formula is C17H19FN2O5S. The number of ether oxygens (including phenoxy) is 2. The van der Waals surface area contributed by atoms with Gasteiger partial charge in [-0.3, -0.25) is 4.79 Å². The van der Waals surface area contributed by atoms with Gasteiger partial charge in [-0.25, -0.2) is 12.8 Å². The van der Waals surface area contributed by atoms with Crippen molar-refractivity contribution in [1.82, 2.24) is 8.87 Å². The van der Waals surface area contributed by atoms with Crippen molar-refractivity contribution in [2.24, 2.45) is 7.05 Å². The first kappa shape index (κ1) is 18.4. The van der Waals surface area contributed by atoms with Gasteiger partial charge in [-0.2, -0.15) is 4.31 Å². The van der Waals surface area contributed by atoms with Crippen LogP contribution in [0, 0.1) is 12.7 Å². The number of pyridine rings is 1. The highest BCUT2D eigenvalue weighted by Crippen LogP contribution is 2.27. The molecule has 1 aromatic carbocycles. The van der Waals surface area contributed by atoms with Gasteiger partial charge in [-0.05, 0) is 31.2 Å². The zero-order valence-corrected chi connectivity index (χ0v) is 15.4. The van der Waals surface area contributed by atoms with Crippen molar-refractivity contribution in [1.29, 1.82) is 0 Å². The van der Waals surface area contributed by atoms with E-state index in [2.05, 4.69) is 0 Å². The SMILES string of the molecule is COc1ccc(S(=O)(=O)N2CC(Oc3cc(C)n(C)c(=O)c3)C2)cc1F. The molecule has 0 bridgehead atoms. The minimum Gasteiger partial charge on any atom is -0.494 e. The molecule has 0 spiro atoms. The second-order valence-corrected chi connectivity index (χ2v) is 8.03. The van der Waals surface area contributed by atoms with E-state index in [1.54, 1.807) is 20.0 Å². The highest BCUT2D eigenvalue weighted by atomic mass is 32.2. The van der Waals surface area contributed by atoms with Crippen molar-refractivity contribution >= 4 is 10.0 Å². The summed E-state index contributed by atoms with van der Waals surface area (Å²) < 4.78 is 52.0. The van der Waals surface area contributed by atoms with Gasteiger partial charge in [0.15, 0.2) is 11.6 Å². The lowest BCUT2D eigenvalue weighted by Crippen LogP contribution is -2.56. The minimum atomic E-state index is -3.81. The number of hydrogen-bond acceptors (Lipinski definition) is 5. The first-order valence-electron chi connectivity index (χ1n) is 7.90. The van der Waals surface area contributed by atoms with E-state index in [0.29, 0.717) is 5.75 Å². The first-order chi connectivity index (χ1) is 12.2. The number of aryl methyl sites for hydroxylation is 1. The number of methoxy groups -OCH3 is 1. The van der Waals surface area contributed by atoms with Crippen molar-refractivity contribution in [3.05, 3.63) is 52.2 Å². The van der Waals surface area contributed by atoms with Gasteiger partial charge >= 0.3 is 0 Å². The molecule has 0 radical (unpaired) electrons. The van der Waals surface area contributed by atoms with Crippen LogP contribution in [0.4, 0.5) is 4.39 Å². The van der Waals surface area contributed by atoms with Crippen molar-refractivity contribution in [2.45, 2.75) is 17.9 Å². The smallest absolute Gasteiger partial charge is 0.254 e. The van der Waals surface area contributed by atoms with Crippen LogP contribution in [0.1, 0.15) is 5.69 Å². The van der Waals surface area contributed by atoms with Gasteiger partial charge in [0.05, 0.1) is 25.1 Å². The lowest BCUT2D eigenvalue weighted by molar-refractivity contribution is 0.0759. The third-order valence-corrected chi connectivity index (χ3v) is 6.18. The predicted molar refractivity (Wildman–Crippen MR) is 92.5 cm³/mol. The molecule has 1 aromatic heterocycles. The number of sulfonamides is 1. The van der Waals surface area contributed by atoms with Crippen LogP contribution >= 0.6 is 0 Å². The maximum atomic E-state index is 13.8. The van der Waals surface area contributed by atoms with Crippen molar-refractivity contribution in [2.75, 3.05) is 20.2 Å². The van der Waals surface area contributed by atoms with Gasteiger partial charge in [0.25, 0.3) is 5.56 Å². The highest BCUT2D eigenvalue weighted by molar-refractivity contribution is 7.89. The normalized spacial score (nSPS) is 15.5. The summed E-state index contributed by atoms with van der Waals surface area (Å²) in [5.74, 6) is -0.351. The Morgan fingerprint density at radius 3 is 2.46 bits per heavy atom. The lowest BCUT2D eigenvalue weighted by atomic mass is 10.2. The molecule has 1 aliphatic rings. The van der Waals surface area contributed by atoms with Gasteiger partial charge in [-0.15, -0.1) is 0 Å². The molecule has 0 amide bonds. The molecule has 9 heteroatoms. The summed E-state index contributed by atoms with van der Waals surface area (Å²) in [4.78, 5) is 11.6. The minimum absolute atomic E-state index is 0.0187. The maximum Gasteiger partial charge on any atom is 0.254 e. The summed E-state index contributed by atoms with van der Waals surface area (Å²) in [6, 6.07) is 6.60. The van der Waals surface area contributed by atoms with E-state index in [1.807, 2.05) is 0 Å². The molecule has 0 aliphatic carbocycles. The van der Waals surface area contributed by atoms with Crippen molar-refractivity contribution < 1.29 is 22.3 Å². The molecule has 3 rings (SSSR count). The molecule has 0 saturated carbocycles. The fourth-order valence-corrected chi connectivity index (χ4v) is 4.14. The maximum absolute atomic E-state index is 13.8. The van der Waals surface area contributed by atoms with Gasteiger partial charge in [0, 0.05) is 18.8 Å². The molecule has 1 fully saturated rings. The Hall–Kier alpha value is -2.39. The summed E-state index contributed by atoms with van der Waals surface area (Å²) in [7, 11) is -0.838. The van der Waals surface area contributed by atoms with Gasteiger partial charge in [0.2, 0.25) is 10.0 Å². The summed E-state index contributed by atoms with van der Waals surface area (Å²) >= 11 is 0. The Morgan fingerprint density at radius 1 is 1.19 bits per heavy atom. The Morgan fingerprint density at radius 2 is 1.88 bits per heavy atom. The molecule has 26 heavy (non-hydrogen) atoms.